The molecule has 3 nitrogen and oxygen atoms in total. The highest BCUT2D eigenvalue weighted by Gasteiger charge is 2.41. The molecule has 1 aliphatic heterocycles. The van der Waals surface area contributed by atoms with Crippen LogP contribution in [0.5, 0.6) is 0 Å². The SMILES string of the molecule is COC1(C(=O)c2cccc(Cl)c2Cl)CCOCC1. The maximum absolute atomic E-state index is 12.6. The van der Waals surface area contributed by atoms with Crippen molar-refractivity contribution in [3.8, 4) is 0 Å². The van der Waals surface area contributed by atoms with E-state index < -0.39 is 5.60 Å². The van der Waals surface area contributed by atoms with Crippen LogP contribution in [0, 0.1) is 0 Å². The summed E-state index contributed by atoms with van der Waals surface area (Å²) in [7, 11) is 1.54. The minimum Gasteiger partial charge on any atom is -0.381 e. The third kappa shape index (κ3) is 2.41. The third-order valence-corrected chi connectivity index (χ3v) is 4.12. The average molecular weight is 289 g/mol. The van der Waals surface area contributed by atoms with Gasteiger partial charge in [0.15, 0.2) is 5.78 Å². The molecule has 18 heavy (non-hydrogen) atoms. The van der Waals surface area contributed by atoms with Crippen molar-refractivity contribution in [2.75, 3.05) is 20.3 Å². The molecule has 0 aromatic heterocycles. The van der Waals surface area contributed by atoms with Gasteiger partial charge in [-0.1, -0.05) is 29.3 Å². The maximum atomic E-state index is 12.6. The fourth-order valence-corrected chi connectivity index (χ4v) is 2.54. The molecule has 1 fully saturated rings. The van der Waals surface area contributed by atoms with Gasteiger partial charge in [0.2, 0.25) is 0 Å². The Morgan fingerprint density at radius 3 is 2.61 bits per heavy atom. The van der Waals surface area contributed by atoms with Crippen molar-refractivity contribution < 1.29 is 14.3 Å². The molecule has 1 aromatic carbocycles. The number of hydrogen-bond acceptors (Lipinski definition) is 3. The van der Waals surface area contributed by atoms with E-state index in [1.165, 1.54) is 0 Å². The first kappa shape index (κ1) is 13.8. The number of benzene rings is 1. The third-order valence-electron chi connectivity index (χ3n) is 3.30. The number of carbonyl (C=O) groups is 1. The molecule has 1 heterocycles. The number of carbonyl (C=O) groups excluding carboxylic acids is 1. The second-order valence-electron chi connectivity index (χ2n) is 4.24. The first-order chi connectivity index (χ1) is 8.60. The van der Waals surface area contributed by atoms with E-state index in [1.54, 1.807) is 25.3 Å². The predicted octanol–water partition coefficient (Wildman–Crippen LogP) is 3.37. The number of rotatable bonds is 3. The van der Waals surface area contributed by atoms with Gasteiger partial charge in [-0.15, -0.1) is 0 Å². The van der Waals surface area contributed by atoms with Crippen LogP contribution in [-0.2, 0) is 9.47 Å². The van der Waals surface area contributed by atoms with E-state index in [4.69, 9.17) is 32.7 Å². The van der Waals surface area contributed by atoms with E-state index in [9.17, 15) is 4.79 Å². The van der Waals surface area contributed by atoms with E-state index in [2.05, 4.69) is 0 Å². The molecule has 2 rings (SSSR count). The molecule has 0 amide bonds. The molecule has 0 unspecified atom stereocenters. The molecule has 1 saturated heterocycles. The number of halogens is 2. The Morgan fingerprint density at radius 2 is 2.00 bits per heavy atom. The lowest BCUT2D eigenvalue weighted by Crippen LogP contribution is -2.45. The Bertz CT molecular complexity index is 454. The molecule has 0 N–H and O–H groups in total. The highest BCUT2D eigenvalue weighted by Crippen LogP contribution is 2.33. The number of ketones is 1. The molecule has 0 saturated carbocycles. The molecule has 1 aromatic rings. The van der Waals surface area contributed by atoms with Gasteiger partial charge in [-0.25, -0.2) is 0 Å². The highest BCUT2D eigenvalue weighted by molar-refractivity contribution is 6.44. The average Bonchev–Trinajstić information content (AvgIpc) is 2.42. The zero-order chi connectivity index (χ0) is 13.2. The number of methoxy groups -OCH3 is 1. The van der Waals surface area contributed by atoms with Gasteiger partial charge in [0, 0.05) is 38.7 Å². The van der Waals surface area contributed by atoms with Crippen LogP contribution < -0.4 is 0 Å². The van der Waals surface area contributed by atoms with Gasteiger partial charge >= 0.3 is 0 Å². The van der Waals surface area contributed by atoms with Crippen LogP contribution in [0.4, 0.5) is 0 Å². The van der Waals surface area contributed by atoms with Gasteiger partial charge in [-0.2, -0.15) is 0 Å². The van der Waals surface area contributed by atoms with Crippen LogP contribution >= 0.6 is 23.2 Å². The fourth-order valence-electron chi connectivity index (χ4n) is 2.15. The standard InChI is InChI=1S/C13H14Cl2O3/c1-17-13(5-7-18-8-6-13)12(16)9-3-2-4-10(14)11(9)15/h2-4H,5-8H2,1H3. The Kier molecular flexibility index (Phi) is 4.28. The summed E-state index contributed by atoms with van der Waals surface area (Å²) in [6, 6.07) is 5.04. The van der Waals surface area contributed by atoms with Crippen molar-refractivity contribution in [1.82, 2.24) is 0 Å². The normalized spacial score (nSPS) is 18.6. The van der Waals surface area contributed by atoms with Crippen LogP contribution in [-0.4, -0.2) is 31.7 Å². The Labute approximate surface area is 116 Å². The second kappa shape index (κ2) is 5.57. The lowest BCUT2D eigenvalue weighted by Gasteiger charge is -2.34. The highest BCUT2D eigenvalue weighted by atomic mass is 35.5. The molecule has 0 radical (unpaired) electrons. The molecular weight excluding hydrogens is 275 g/mol. The quantitative estimate of drug-likeness (QED) is 0.800. The van der Waals surface area contributed by atoms with Crippen LogP contribution in [0.25, 0.3) is 0 Å². The predicted molar refractivity (Wildman–Crippen MR) is 70.6 cm³/mol. The van der Waals surface area contributed by atoms with Crippen LogP contribution in [0.15, 0.2) is 18.2 Å². The summed E-state index contributed by atoms with van der Waals surface area (Å²) in [6.45, 7) is 1.02. The Hall–Kier alpha value is -0.610. The number of ether oxygens (including phenoxy) is 2. The summed E-state index contributed by atoms with van der Waals surface area (Å²) in [6.07, 6.45) is 1.07. The van der Waals surface area contributed by atoms with Gasteiger partial charge in [0.05, 0.1) is 10.0 Å². The zero-order valence-corrected chi connectivity index (χ0v) is 11.6. The van der Waals surface area contributed by atoms with Crippen molar-refractivity contribution >= 4 is 29.0 Å². The molecule has 5 heteroatoms. The van der Waals surface area contributed by atoms with Crippen LogP contribution in [0.2, 0.25) is 10.0 Å². The first-order valence-corrected chi connectivity index (χ1v) is 6.48. The van der Waals surface area contributed by atoms with Crippen molar-refractivity contribution in [2.45, 2.75) is 18.4 Å². The smallest absolute Gasteiger partial charge is 0.196 e. The van der Waals surface area contributed by atoms with Crippen molar-refractivity contribution in [3.05, 3.63) is 33.8 Å². The number of hydrogen-bond donors (Lipinski definition) is 0. The summed E-state index contributed by atoms with van der Waals surface area (Å²) >= 11 is 12.0. The molecule has 0 atom stereocenters. The van der Waals surface area contributed by atoms with E-state index in [1.807, 2.05) is 0 Å². The van der Waals surface area contributed by atoms with E-state index in [-0.39, 0.29) is 10.8 Å². The molecule has 1 aliphatic rings. The summed E-state index contributed by atoms with van der Waals surface area (Å²) in [5.41, 5.74) is -0.431. The lowest BCUT2D eigenvalue weighted by atomic mass is 9.85. The van der Waals surface area contributed by atoms with Gasteiger partial charge in [-0.3, -0.25) is 4.79 Å². The Balaban J connectivity index is 2.37. The lowest BCUT2D eigenvalue weighted by molar-refractivity contribution is -0.0663. The summed E-state index contributed by atoms with van der Waals surface area (Å²) in [5, 5.41) is 0.660. The van der Waals surface area contributed by atoms with Crippen molar-refractivity contribution in [1.29, 1.82) is 0 Å². The molecule has 0 aliphatic carbocycles. The molecular formula is C13H14Cl2O3. The Morgan fingerprint density at radius 1 is 1.33 bits per heavy atom. The van der Waals surface area contributed by atoms with Crippen molar-refractivity contribution in [3.63, 3.8) is 0 Å². The van der Waals surface area contributed by atoms with Crippen LogP contribution in [0.1, 0.15) is 23.2 Å². The zero-order valence-electron chi connectivity index (χ0n) is 10.0. The van der Waals surface area contributed by atoms with Gasteiger partial charge < -0.3 is 9.47 Å². The van der Waals surface area contributed by atoms with E-state index >= 15 is 0 Å². The minimum atomic E-state index is -0.841. The molecule has 0 spiro atoms. The fraction of sp³-hybridized carbons (Fsp3) is 0.462. The van der Waals surface area contributed by atoms with Gasteiger partial charge in [0.1, 0.15) is 5.60 Å². The number of Topliss-reactive ketones (excluding diaryl/α,β-unsaturated/α-hetero) is 1. The van der Waals surface area contributed by atoms with Gasteiger partial charge in [0.25, 0.3) is 0 Å². The topological polar surface area (TPSA) is 35.5 Å². The summed E-state index contributed by atoms with van der Waals surface area (Å²) < 4.78 is 10.7. The monoisotopic (exact) mass is 288 g/mol. The second-order valence-corrected chi connectivity index (χ2v) is 5.03. The van der Waals surface area contributed by atoms with E-state index in [0.717, 1.165) is 0 Å². The molecule has 98 valence electrons. The minimum absolute atomic E-state index is 0.124. The largest absolute Gasteiger partial charge is 0.381 e. The van der Waals surface area contributed by atoms with Crippen molar-refractivity contribution in [2.24, 2.45) is 0 Å². The maximum Gasteiger partial charge on any atom is 0.196 e. The van der Waals surface area contributed by atoms with Crippen LogP contribution in [0.3, 0.4) is 0 Å². The summed E-state index contributed by atoms with van der Waals surface area (Å²) in [5.74, 6) is -0.124. The van der Waals surface area contributed by atoms with Gasteiger partial charge in [-0.05, 0) is 12.1 Å². The summed E-state index contributed by atoms with van der Waals surface area (Å²) in [4.78, 5) is 12.6. The first-order valence-electron chi connectivity index (χ1n) is 5.72. The van der Waals surface area contributed by atoms with E-state index in [0.29, 0.717) is 36.6 Å². The molecule has 0 bridgehead atoms.